The van der Waals surface area contributed by atoms with Crippen LogP contribution in [0.4, 0.5) is 11.4 Å². The highest BCUT2D eigenvalue weighted by Gasteiger charge is 2.27. The number of carbonyl (C=O) groups is 1. The molecule has 2 N–H and O–H groups in total. The Balaban J connectivity index is 2.24. The van der Waals surface area contributed by atoms with Crippen molar-refractivity contribution in [2.45, 2.75) is 39.3 Å². The molecule has 2 rings (SSSR count). The van der Waals surface area contributed by atoms with E-state index < -0.39 is 0 Å². The van der Waals surface area contributed by atoms with Gasteiger partial charge in [-0.05, 0) is 38.5 Å². The zero-order chi connectivity index (χ0) is 15.4. The molecule has 21 heavy (non-hydrogen) atoms. The highest BCUT2D eigenvalue weighted by molar-refractivity contribution is 5.92. The van der Waals surface area contributed by atoms with Crippen LogP contribution in [0.1, 0.15) is 37.6 Å². The van der Waals surface area contributed by atoms with Crippen molar-refractivity contribution in [3.63, 3.8) is 0 Å². The van der Waals surface area contributed by atoms with Crippen molar-refractivity contribution in [3.8, 4) is 0 Å². The molecular weight excluding hydrogens is 268 g/mol. The first kappa shape index (κ1) is 15.6. The highest BCUT2D eigenvalue weighted by atomic mass is 16.5. The summed E-state index contributed by atoms with van der Waals surface area (Å²) < 4.78 is 10.7. The average molecular weight is 292 g/mol. The monoisotopic (exact) mass is 292 g/mol. The third-order valence-electron chi connectivity index (χ3n) is 3.79. The van der Waals surface area contributed by atoms with E-state index in [1.54, 1.807) is 19.1 Å². The molecular formula is C16H24N2O3. The average Bonchev–Trinajstić information content (AvgIpc) is 2.47. The Bertz CT molecular complexity index is 504. The number of hydrogen-bond acceptors (Lipinski definition) is 5. The molecule has 0 saturated carbocycles. The summed E-state index contributed by atoms with van der Waals surface area (Å²) in [6, 6.07) is 5.69. The van der Waals surface area contributed by atoms with E-state index >= 15 is 0 Å². The number of morpholine rings is 1. The van der Waals surface area contributed by atoms with E-state index in [4.69, 9.17) is 15.2 Å². The van der Waals surface area contributed by atoms with Crippen LogP contribution in [0.2, 0.25) is 0 Å². The summed E-state index contributed by atoms with van der Waals surface area (Å²) in [5.74, 6) is -0.335. The van der Waals surface area contributed by atoms with Gasteiger partial charge in [0.2, 0.25) is 0 Å². The van der Waals surface area contributed by atoms with Crippen molar-refractivity contribution in [1.82, 2.24) is 0 Å². The first-order valence-electron chi connectivity index (χ1n) is 7.51. The molecule has 2 atom stereocenters. The minimum atomic E-state index is -0.335. The lowest BCUT2D eigenvalue weighted by molar-refractivity contribution is 0.0300. The molecule has 0 amide bonds. The lowest BCUT2D eigenvalue weighted by atomic mass is 10.1. The molecule has 1 heterocycles. The Kier molecular flexibility index (Phi) is 5.07. The van der Waals surface area contributed by atoms with Crippen LogP contribution in [-0.2, 0) is 9.47 Å². The third-order valence-corrected chi connectivity index (χ3v) is 3.79. The molecule has 1 saturated heterocycles. The van der Waals surface area contributed by atoms with Gasteiger partial charge >= 0.3 is 5.97 Å². The van der Waals surface area contributed by atoms with Crippen LogP contribution in [0.5, 0.6) is 0 Å². The van der Waals surface area contributed by atoms with Crippen LogP contribution in [0.25, 0.3) is 0 Å². The van der Waals surface area contributed by atoms with Gasteiger partial charge in [-0.2, -0.15) is 0 Å². The molecule has 0 aromatic heterocycles. The molecule has 0 radical (unpaired) electrons. The fraction of sp³-hybridized carbons (Fsp3) is 0.562. The molecule has 1 aliphatic rings. The summed E-state index contributed by atoms with van der Waals surface area (Å²) >= 11 is 0. The number of nitrogens with two attached hydrogens (primary N) is 1. The van der Waals surface area contributed by atoms with Crippen LogP contribution >= 0.6 is 0 Å². The molecule has 116 valence electrons. The first-order chi connectivity index (χ1) is 10.1. The minimum Gasteiger partial charge on any atom is -0.462 e. The van der Waals surface area contributed by atoms with Crippen molar-refractivity contribution in [2.75, 3.05) is 30.4 Å². The first-order valence-corrected chi connectivity index (χ1v) is 7.51. The second kappa shape index (κ2) is 6.80. The fourth-order valence-corrected chi connectivity index (χ4v) is 2.63. The largest absolute Gasteiger partial charge is 0.462 e. The molecule has 1 aromatic rings. The lowest BCUT2D eigenvalue weighted by Crippen LogP contribution is -2.48. The molecule has 1 aromatic carbocycles. The zero-order valence-electron chi connectivity index (χ0n) is 13.0. The molecule has 5 heteroatoms. The van der Waals surface area contributed by atoms with Gasteiger partial charge in [0.1, 0.15) is 0 Å². The van der Waals surface area contributed by atoms with Crippen molar-refractivity contribution < 1.29 is 14.3 Å². The molecule has 5 nitrogen and oxygen atoms in total. The summed E-state index contributed by atoms with van der Waals surface area (Å²) in [6.45, 7) is 7.86. The van der Waals surface area contributed by atoms with Crippen LogP contribution in [-0.4, -0.2) is 37.9 Å². The second-order valence-electron chi connectivity index (χ2n) is 5.35. The quantitative estimate of drug-likeness (QED) is 0.682. The van der Waals surface area contributed by atoms with E-state index in [0.717, 1.165) is 18.7 Å². The number of esters is 1. The molecule has 1 aliphatic heterocycles. The van der Waals surface area contributed by atoms with Gasteiger partial charge in [-0.15, -0.1) is 0 Å². The van der Waals surface area contributed by atoms with Crippen LogP contribution in [0, 0.1) is 0 Å². The van der Waals surface area contributed by atoms with Gasteiger partial charge < -0.3 is 20.1 Å². The van der Waals surface area contributed by atoms with Gasteiger partial charge in [0.25, 0.3) is 0 Å². The maximum atomic E-state index is 11.7. The Hall–Kier alpha value is -1.75. The fourth-order valence-electron chi connectivity index (χ4n) is 2.63. The van der Waals surface area contributed by atoms with Gasteiger partial charge in [0, 0.05) is 6.54 Å². The Morgan fingerprint density at radius 2 is 2.24 bits per heavy atom. The van der Waals surface area contributed by atoms with E-state index in [-0.39, 0.29) is 12.1 Å². The SMILES string of the molecule is CCOC(=O)c1ccc(N2CC(C)OCC2CC)c(N)c1. The number of hydrogen-bond donors (Lipinski definition) is 1. The van der Waals surface area contributed by atoms with E-state index in [2.05, 4.69) is 18.7 Å². The Morgan fingerprint density at radius 1 is 1.48 bits per heavy atom. The van der Waals surface area contributed by atoms with Crippen molar-refractivity contribution in [2.24, 2.45) is 0 Å². The number of nitrogen functional groups attached to an aromatic ring is 1. The third kappa shape index (κ3) is 3.47. The topological polar surface area (TPSA) is 64.8 Å². The summed E-state index contributed by atoms with van der Waals surface area (Å²) in [4.78, 5) is 14.0. The Labute approximate surface area is 126 Å². The smallest absolute Gasteiger partial charge is 0.338 e. The van der Waals surface area contributed by atoms with Gasteiger partial charge in [0.05, 0.1) is 42.3 Å². The summed E-state index contributed by atoms with van der Waals surface area (Å²) in [5, 5.41) is 0. The minimum absolute atomic E-state index is 0.178. The van der Waals surface area contributed by atoms with Crippen molar-refractivity contribution >= 4 is 17.3 Å². The normalized spacial score (nSPS) is 22.1. The number of benzene rings is 1. The number of anilines is 2. The zero-order valence-corrected chi connectivity index (χ0v) is 13.0. The van der Waals surface area contributed by atoms with E-state index in [0.29, 0.717) is 30.5 Å². The number of rotatable bonds is 4. The van der Waals surface area contributed by atoms with Crippen molar-refractivity contribution in [1.29, 1.82) is 0 Å². The standard InChI is InChI=1S/C16H24N2O3/c1-4-13-10-21-11(3)9-18(13)15-7-6-12(8-14(15)17)16(19)20-5-2/h6-8,11,13H,4-5,9-10,17H2,1-3H3. The highest BCUT2D eigenvalue weighted by Crippen LogP contribution is 2.29. The molecule has 2 unspecified atom stereocenters. The molecule has 1 fully saturated rings. The van der Waals surface area contributed by atoms with E-state index in [9.17, 15) is 4.79 Å². The number of nitrogens with zero attached hydrogens (tertiary/aromatic N) is 1. The van der Waals surface area contributed by atoms with Crippen LogP contribution < -0.4 is 10.6 Å². The van der Waals surface area contributed by atoms with E-state index in [1.807, 2.05) is 6.07 Å². The molecule has 0 aliphatic carbocycles. The molecule has 0 bridgehead atoms. The Morgan fingerprint density at radius 3 is 2.86 bits per heavy atom. The predicted octanol–water partition coefficient (Wildman–Crippen LogP) is 2.45. The van der Waals surface area contributed by atoms with Crippen molar-refractivity contribution in [3.05, 3.63) is 23.8 Å². The summed E-state index contributed by atoms with van der Waals surface area (Å²) in [7, 11) is 0. The van der Waals surface area contributed by atoms with Crippen LogP contribution in [0.3, 0.4) is 0 Å². The predicted molar refractivity (Wildman–Crippen MR) is 83.6 cm³/mol. The van der Waals surface area contributed by atoms with E-state index in [1.165, 1.54) is 0 Å². The van der Waals surface area contributed by atoms with Gasteiger partial charge in [-0.1, -0.05) is 6.92 Å². The number of ether oxygens (including phenoxy) is 2. The lowest BCUT2D eigenvalue weighted by Gasteiger charge is -2.40. The van der Waals surface area contributed by atoms with Crippen LogP contribution in [0.15, 0.2) is 18.2 Å². The number of carbonyl (C=O) groups excluding carboxylic acids is 1. The maximum Gasteiger partial charge on any atom is 0.338 e. The maximum absolute atomic E-state index is 11.7. The van der Waals surface area contributed by atoms with Gasteiger partial charge in [-0.25, -0.2) is 4.79 Å². The summed E-state index contributed by atoms with van der Waals surface area (Å²) in [5.41, 5.74) is 8.22. The second-order valence-corrected chi connectivity index (χ2v) is 5.35. The molecule has 0 spiro atoms. The summed E-state index contributed by atoms with van der Waals surface area (Å²) in [6.07, 6.45) is 1.17. The van der Waals surface area contributed by atoms with Gasteiger partial charge in [-0.3, -0.25) is 0 Å². The van der Waals surface area contributed by atoms with Gasteiger partial charge in [0.15, 0.2) is 0 Å².